The number of amides is 1. The fourth-order valence-corrected chi connectivity index (χ4v) is 4.84. The third kappa shape index (κ3) is 3.29. The molecular formula is C18H17N3O2S2. The molecule has 1 aliphatic rings. The number of anilines is 1. The van der Waals surface area contributed by atoms with E-state index in [2.05, 4.69) is 15.5 Å². The number of aromatic nitrogens is 2. The molecule has 25 heavy (non-hydrogen) atoms. The summed E-state index contributed by atoms with van der Waals surface area (Å²) >= 11 is 3.06. The number of methoxy groups -OCH3 is 1. The van der Waals surface area contributed by atoms with E-state index >= 15 is 0 Å². The molecule has 3 aromatic rings. The fraction of sp³-hybridized carbons (Fsp3) is 0.278. The van der Waals surface area contributed by atoms with Crippen LogP contribution in [0.3, 0.4) is 0 Å². The highest BCUT2D eigenvalue weighted by Gasteiger charge is 2.21. The summed E-state index contributed by atoms with van der Waals surface area (Å²) in [6, 6.07) is 7.62. The minimum atomic E-state index is -0.0863. The molecule has 0 aliphatic heterocycles. The zero-order chi connectivity index (χ0) is 17.2. The number of carbonyl (C=O) groups excluding carboxylic acids is 1. The monoisotopic (exact) mass is 371 g/mol. The van der Waals surface area contributed by atoms with Crippen LogP contribution < -0.4 is 10.1 Å². The third-order valence-electron chi connectivity index (χ3n) is 4.29. The van der Waals surface area contributed by atoms with E-state index in [1.54, 1.807) is 18.4 Å². The molecule has 0 atom stereocenters. The minimum Gasteiger partial charge on any atom is -0.497 e. The first-order valence-electron chi connectivity index (χ1n) is 8.13. The lowest BCUT2D eigenvalue weighted by Crippen LogP contribution is -2.14. The van der Waals surface area contributed by atoms with Crippen molar-refractivity contribution < 1.29 is 9.53 Å². The molecular weight excluding hydrogens is 354 g/mol. The Morgan fingerprint density at radius 2 is 1.96 bits per heavy atom. The van der Waals surface area contributed by atoms with Gasteiger partial charge in [-0.2, -0.15) is 0 Å². The van der Waals surface area contributed by atoms with Gasteiger partial charge in [0.1, 0.15) is 10.8 Å². The predicted octanol–water partition coefficient (Wildman–Crippen LogP) is 4.41. The number of fused-ring (bicyclic) bond motifs is 1. The lowest BCUT2D eigenvalue weighted by molar-refractivity contribution is 0.102. The van der Waals surface area contributed by atoms with Crippen LogP contribution in [-0.4, -0.2) is 23.2 Å². The van der Waals surface area contributed by atoms with Gasteiger partial charge in [-0.25, -0.2) is 0 Å². The number of hydrogen-bond donors (Lipinski definition) is 1. The molecule has 5 nitrogen and oxygen atoms in total. The Morgan fingerprint density at radius 1 is 1.16 bits per heavy atom. The molecule has 0 radical (unpaired) electrons. The van der Waals surface area contributed by atoms with E-state index in [4.69, 9.17) is 4.74 Å². The summed E-state index contributed by atoms with van der Waals surface area (Å²) in [6.45, 7) is 0. The Balaban J connectivity index is 1.50. The van der Waals surface area contributed by atoms with Crippen LogP contribution in [0.15, 0.2) is 29.6 Å². The van der Waals surface area contributed by atoms with Crippen molar-refractivity contribution in [1.29, 1.82) is 0 Å². The largest absolute Gasteiger partial charge is 0.497 e. The molecule has 0 spiro atoms. The first kappa shape index (κ1) is 16.2. The minimum absolute atomic E-state index is 0.0863. The van der Waals surface area contributed by atoms with Gasteiger partial charge in [-0.15, -0.1) is 21.5 Å². The molecule has 0 fully saturated rings. The quantitative estimate of drug-likeness (QED) is 0.738. The number of benzene rings is 1. The number of rotatable bonds is 4. The summed E-state index contributed by atoms with van der Waals surface area (Å²) in [5.74, 6) is 0.709. The number of ether oxygens (including phenoxy) is 1. The number of thiophene rings is 1. The lowest BCUT2D eigenvalue weighted by atomic mass is 9.96. The van der Waals surface area contributed by atoms with Crippen molar-refractivity contribution in [2.75, 3.05) is 12.4 Å². The summed E-state index contributed by atoms with van der Waals surface area (Å²) in [6.07, 6.45) is 4.46. The highest BCUT2D eigenvalue weighted by atomic mass is 32.1. The topological polar surface area (TPSA) is 64.1 Å². The number of aryl methyl sites for hydroxylation is 1. The average molecular weight is 371 g/mol. The van der Waals surface area contributed by atoms with Crippen molar-refractivity contribution in [3.63, 3.8) is 0 Å². The molecule has 0 unspecified atom stereocenters. The zero-order valence-electron chi connectivity index (χ0n) is 13.7. The van der Waals surface area contributed by atoms with E-state index in [0.717, 1.165) is 41.1 Å². The molecule has 4 rings (SSSR count). The molecule has 0 bridgehead atoms. The second-order valence-electron chi connectivity index (χ2n) is 5.85. The predicted molar refractivity (Wildman–Crippen MR) is 101 cm³/mol. The summed E-state index contributed by atoms with van der Waals surface area (Å²) in [5, 5.41) is 14.4. The van der Waals surface area contributed by atoms with E-state index in [1.165, 1.54) is 28.2 Å². The van der Waals surface area contributed by atoms with Crippen molar-refractivity contribution >= 4 is 33.7 Å². The van der Waals surface area contributed by atoms with Crippen LogP contribution in [0.25, 0.3) is 10.6 Å². The summed E-state index contributed by atoms with van der Waals surface area (Å²) in [7, 11) is 1.64. The van der Waals surface area contributed by atoms with Crippen molar-refractivity contribution in [3.8, 4) is 16.3 Å². The Kier molecular flexibility index (Phi) is 4.50. The van der Waals surface area contributed by atoms with Gasteiger partial charge in [-0.05, 0) is 55.5 Å². The maximum Gasteiger partial charge on any atom is 0.258 e. The van der Waals surface area contributed by atoms with Gasteiger partial charge < -0.3 is 4.74 Å². The van der Waals surface area contributed by atoms with E-state index in [0.29, 0.717) is 5.13 Å². The van der Waals surface area contributed by atoms with Gasteiger partial charge in [-0.3, -0.25) is 10.1 Å². The molecule has 1 aromatic carbocycles. The van der Waals surface area contributed by atoms with Gasteiger partial charge in [0.2, 0.25) is 5.13 Å². The Bertz CT molecular complexity index is 899. The van der Waals surface area contributed by atoms with Gasteiger partial charge in [0.05, 0.1) is 12.7 Å². The Morgan fingerprint density at radius 3 is 2.76 bits per heavy atom. The summed E-state index contributed by atoms with van der Waals surface area (Å²) in [4.78, 5) is 13.9. The normalized spacial score (nSPS) is 13.3. The Labute approximate surface area is 153 Å². The van der Waals surface area contributed by atoms with Crippen LogP contribution in [0, 0.1) is 0 Å². The maximum atomic E-state index is 12.6. The fourth-order valence-electron chi connectivity index (χ4n) is 2.97. The number of nitrogens with one attached hydrogen (secondary N) is 1. The van der Waals surface area contributed by atoms with Crippen LogP contribution >= 0.6 is 22.7 Å². The van der Waals surface area contributed by atoms with Crippen molar-refractivity contribution in [1.82, 2.24) is 10.2 Å². The highest BCUT2D eigenvalue weighted by molar-refractivity contribution is 7.18. The molecule has 7 heteroatoms. The van der Waals surface area contributed by atoms with Gasteiger partial charge in [0.25, 0.3) is 5.91 Å². The summed E-state index contributed by atoms with van der Waals surface area (Å²) < 4.78 is 5.16. The molecule has 128 valence electrons. The molecule has 0 saturated heterocycles. The van der Waals surface area contributed by atoms with Crippen LogP contribution in [0.2, 0.25) is 0 Å². The molecule has 1 aliphatic carbocycles. The average Bonchev–Trinajstić information content (AvgIpc) is 3.28. The second-order valence-corrected chi connectivity index (χ2v) is 7.79. The zero-order valence-corrected chi connectivity index (χ0v) is 15.4. The van der Waals surface area contributed by atoms with E-state index in [9.17, 15) is 4.79 Å². The van der Waals surface area contributed by atoms with Gasteiger partial charge in [0.15, 0.2) is 0 Å². The Hall–Kier alpha value is -2.25. The van der Waals surface area contributed by atoms with Gasteiger partial charge in [0, 0.05) is 15.8 Å². The van der Waals surface area contributed by atoms with Crippen LogP contribution in [0.5, 0.6) is 5.75 Å². The van der Waals surface area contributed by atoms with E-state index < -0.39 is 0 Å². The van der Waals surface area contributed by atoms with Crippen molar-refractivity contribution in [2.24, 2.45) is 0 Å². The van der Waals surface area contributed by atoms with Crippen molar-refractivity contribution in [2.45, 2.75) is 25.7 Å². The van der Waals surface area contributed by atoms with E-state index in [1.807, 2.05) is 29.6 Å². The number of carbonyl (C=O) groups is 1. The van der Waals surface area contributed by atoms with Crippen LogP contribution in [-0.2, 0) is 12.8 Å². The second kappa shape index (κ2) is 6.93. The maximum absolute atomic E-state index is 12.6. The third-order valence-corrected chi connectivity index (χ3v) is 6.26. The van der Waals surface area contributed by atoms with Crippen molar-refractivity contribution in [3.05, 3.63) is 45.6 Å². The molecule has 2 heterocycles. The van der Waals surface area contributed by atoms with Crippen LogP contribution in [0.4, 0.5) is 5.13 Å². The summed E-state index contributed by atoms with van der Waals surface area (Å²) in [5.41, 5.74) is 2.96. The molecule has 0 saturated carbocycles. The first-order valence-corrected chi connectivity index (χ1v) is 9.83. The highest BCUT2D eigenvalue weighted by Crippen LogP contribution is 2.32. The SMILES string of the molecule is COc1ccc(-c2nnc(NC(=O)c3csc4c3CCCC4)s2)cc1. The van der Waals surface area contributed by atoms with E-state index in [-0.39, 0.29) is 5.91 Å². The number of nitrogens with zero attached hydrogens (tertiary/aromatic N) is 2. The first-order chi connectivity index (χ1) is 12.2. The molecule has 1 N–H and O–H groups in total. The van der Waals surface area contributed by atoms with Crippen LogP contribution in [0.1, 0.15) is 33.6 Å². The molecule has 2 aromatic heterocycles. The molecule has 1 amide bonds. The van der Waals surface area contributed by atoms with Gasteiger partial charge in [-0.1, -0.05) is 11.3 Å². The standard InChI is InChI=1S/C18H17N3O2S2/c1-23-12-8-6-11(7-9-12)17-20-21-18(25-17)19-16(22)14-10-24-15-5-3-2-4-13(14)15/h6-10H,2-5H2,1H3,(H,19,21,22). The smallest absolute Gasteiger partial charge is 0.258 e. The number of hydrogen-bond acceptors (Lipinski definition) is 6. The van der Waals surface area contributed by atoms with Gasteiger partial charge >= 0.3 is 0 Å². The lowest BCUT2D eigenvalue weighted by Gasteiger charge is -2.12.